The van der Waals surface area contributed by atoms with Crippen molar-refractivity contribution in [2.75, 3.05) is 39.6 Å². The quantitative estimate of drug-likeness (QED) is 0.0222. The Morgan fingerprint density at radius 2 is 0.495 bits per heavy atom. The maximum atomic E-state index is 13.1. The average Bonchev–Trinajstić information content (AvgIpc) is 1.28. The van der Waals surface area contributed by atoms with E-state index >= 15 is 0 Å². The lowest BCUT2D eigenvalue weighted by molar-refractivity contribution is -0.161. The van der Waals surface area contributed by atoms with Crippen LogP contribution in [0.25, 0.3) is 0 Å². The minimum Gasteiger partial charge on any atom is -0.462 e. The van der Waals surface area contributed by atoms with Crippen molar-refractivity contribution in [3.63, 3.8) is 0 Å². The lowest BCUT2D eigenvalue weighted by Crippen LogP contribution is -2.30. The molecule has 17 nitrogen and oxygen atoms in total. The SMILES string of the molecule is CCC(C)CCCCCCCCCCCCCCCCCCCCC(=O)O[C@H](COC(=O)CCCCCCCCC(C)C)COP(=O)(O)OC[C@@H](O)COP(=O)(O)OC[C@@H](COC(=O)CCCCCCCCC(C)C)OC(=O)CCCCCCCCCCCCCCCCC(C)C. The number of rotatable bonds is 75. The summed E-state index contributed by atoms with van der Waals surface area (Å²) < 4.78 is 68.5. The van der Waals surface area contributed by atoms with Crippen molar-refractivity contribution < 1.29 is 80.2 Å². The zero-order valence-corrected chi connectivity index (χ0v) is 65.5. The van der Waals surface area contributed by atoms with Crippen LogP contribution in [0, 0.1) is 23.7 Å². The molecule has 0 aromatic rings. The number of esters is 4. The minimum absolute atomic E-state index is 0.106. The first-order valence-electron chi connectivity index (χ1n) is 40.2. The van der Waals surface area contributed by atoms with E-state index in [9.17, 15) is 43.2 Å². The van der Waals surface area contributed by atoms with Gasteiger partial charge in [-0.15, -0.1) is 0 Å². The molecule has 0 saturated carbocycles. The number of phosphoric acid groups is 2. The van der Waals surface area contributed by atoms with E-state index in [0.29, 0.717) is 37.5 Å². The Kier molecular flexibility index (Phi) is 65.9. The third-order valence-corrected chi connectivity index (χ3v) is 20.3. The van der Waals surface area contributed by atoms with Gasteiger partial charge < -0.3 is 33.8 Å². The highest BCUT2D eigenvalue weighted by molar-refractivity contribution is 7.47. The van der Waals surface area contributed by atoms with Gasteiger partial charge in [0.1, 0.15) is 19.3 Å². The van der Waals surface area contributed by atoms with Crippen molar-refractivity contribution in [2.45, 2.75) is 414 Å². The Bertz CT molecular complexity index is 1900. The van der Waals surface area contributed by atoms with Crippen LogP contribution in [0.3, 0.4) is 0 Å². The maximum Gasteiger partial charge on any atom is 0.472 e. The molecular formula is C78H152O17P2. The monoisotopic (exact) mass is 1420 g/mol. The second-order valence-electron chi connectivity index (χ2n) is 29.8. The lowest BCUT2D eigenvalue weighted by atomic mass is 9.99. The van der Waals surface area contributed by atoms with Gasteiger partial charge in [0.25, 0.3) is 0 Å². The first-order chi connectivity index (χ1) is 46.6. The summed E-state index contributed by atoms with van der Waals surface area (Å²) in [7, 11) is -9.91. The summed E-state index contributed by atoms with van der Waals surface area (Å²) in [5.41, 5.74) is 0. The molecule has 6 atom stereocenters. The molecule has 0 aromatic heterocycles. The molecule has 0 aliphatic carbocycles. The molecule has 3 N–H and O–H groups in total. The summed E-state index contributed by atoms with van der Waals surface area (Å²) in [4.78, 5) is 72.7. The van der Waals surface area contributed by atoms with Gasteiger partial charge in [-0.05, 0) is 49.4 Å². The van der Waals surface area contributed by atoms with Crippen molar-refractivity contribution in [3.05, 3.63) is 0 Å². The molecule has 19 heteroatoms. The third kappa shape index (κ3) is 70.9. The zero-order chi connectivity index (χ0) is 71.7. The summed E-state index contributed by atoms with van der Waals surface area (Å²) in [6.45, 7) is 14.1. The Labute approximate surface area is 594 Å². The first kappa shape index (κ1) is 95.1. The smallest absolute Gasteiger partial charge is 0.462 e. The van der Waals surface area contributed by atoms with Crippen LogP contribution >= 0.6 is 15.6 Å². The van der Waals surface area contributed by atoms with Crippen molar-refractivity contribution in [2.24, 2.45) is 23.7 Å². The summed E-state index contributed by atoms with van der Waals surface area (Å²) in [5.74, 6) is 0.901. The molecule has 0 amide bonds. The van der Waals surface area contributed by atoms with E-state index in [4.69, 9.17) is 37.0 Å². The van der Waals surface area contributed by atoms with Crippen LogP contribution in [0.5, 0.6) is 0 Å². The lowest BCUT2D eigenvalue weighted by Gasteiger charge is -2.21. The Morgan fingerprint density at radius 1 is 0.289 bits per heavy atom. The molecule has 0 fully saturated rings. The molecule has 0 radical (unpaired) electrons. The van der Waals surface area contributed by atoms with Gasteiger partial charge in [0, 0.05) is 25.7 Å². The van der Waals surface area contributed by atoms with E-state index in [1.807, 2.05) is 0 Å². The maximum absolute atomic E-state index is 13.1. The molecule has 576 valence electrons. The third-order valence-electron chi connectivity index (χ3n) is 18.4. The number of aliphatic hydroxyl groups excluding tert-OH is 1. The molecular weight excluding hydrogens is 1270 g/mol. The second-order valence-corrected chi connectivity index (χ2v) is 32.7. The highest BCUT2D eigenvalue weighted by Gasteiger charge is 2.30. The van der Waals surface area contributed by atoms with Crippen LogP contribution in [0.4, 0.5) is 0 Å². The molecule has 0 aliphatic rings. The zero-order valence-electron chi connectivity index (χ0n) is 63.7. The van der Waals surface area contributed by atoms with Gasteiger partial charge in [0.2, 0.25) is 0 Å². The van der Waals surface area contributed by atoms with Crippen LogP contribution in [0.1, 0.15) is 396 Å². The highest BCUT2D eigenvalue weighted by atomic mass is 31.2. The minimum atomic E-state index is -4.96. The van der Waals surface area contributed by atoms with Crippen LogP contribution in [-0.2, 0) is 65.4 Å². The molecule has 0 bridgehead atoms. The Morgan fingerprint density at radius 3 is 0.732 bits per heavy atom. The van der Waals surface area contributed by atoms with E-state index < -0.39 is 97.5 Å². The van der Waals surface area contributed by atoms with Crippen molar-refractivity contribution >= 4 is 39.5 Å². The molecule has 3 unspecified atom stereocenters. The van der Waals surface area contributed by atoms with Crippen LogP contribution in [0.15, 0.2) is 0 Å². The van der Waals surface area contributed by atoms with Crippen LogP contribution < -0.4 is 0 Å². The fourth-order valence-electron chi connectivity index (χ4n) is 11.9. The van der Waals surface area contributed by atoms with Crippen LogP contribution in [0.2, 0.25) is 0 Å². The fraction of sp³-hybridized carbons (Fsp3) is 0.949. The number of carbonyl (C=O) groups excluding carboxylic acids is 4. The summed E-state index contributed by atoms with van der Waals surface area (Å²) in [6.07, 6.45) is 53.2. The fourth-order valence-corrected chi connectivity index (χ4v) is 13.5. The van der Waals surface area contributed by atoms with Gasteiger partial charge in [-0.1, -0.05) is 344 Å². The molecule has 0 aliphatic heterocycles. The first-order valence-corrected chi connectivity index (χ1v) is 43.2. The van der Waals surface area contributed by atoms with Gasteiger partial charge in [-0.2, -0.15) is 0 Å². The predicted octanol–water partition coefficient (Wildman–Crippen LogP) is 22.8. The number of carbonyl (C=O) groups is 4. The molecule has 0 aromatic carbocycles. The highest BCUT2D eigenvalue weighted by Crippen LogP contribution is 2.45. The van der Waals surface area contributed by atoms with Crippen molar-refractivity contribution in [1.29, 1.82) is 0 Å². The standard InChI is InChI=1S/C78H152O17P2/c1-9-71(8)57-49-41-31-27-23-19-14-12-10-11-13-15-20-24-28-32-44-52-60-77(82)94-73(64-88-75(80)58-50-42-36-34-39-47-55-69(4)5)66-92-96(84,85)90-62-72(79)63-91-97(86,87)93-67-74(65-89-76(81)59-51-43-37-35-40-48-56-70(6)7)95-78(83)61-53-45-33-29-25-21-17-16-18-22-26-30-38-46-54-68(2)3/h68-74,79H,9-67H2,1-8H3,(H,84,85)(H,86,87)/t71?,72-,73-,74-/m1/s1. The summed E-state index contributed by atoms with van der Waals surface area (Å²) in [6, 6.07) is 0. The average molecular weight is 1420 g/mol. The van der Waals surface area contributed by atoms with Crippen LogP contribution in [-0.4, -0.2) is 96.7 Å². The van der Waals surface area contributed by atoms with E-state index in [1.165, 1.54) is 186 Å². The van der Waals surface area contributed by atoms with E-state index in [-0.39, 0.29) is 25.7 Å². The summed E-state index contributed by atoms with van der Waals surface area (Å²) >= 11 is 0. The molecule has 0 rings (SSSR count). The number of ether oxygens (including phenoxy) is 4. The molecule has 0 heterocycles. The van der Waals surface area contributed by atoms with E-state index in [2.05, 4.69) is 55.4 Å². The second kappa shape index (κ2) is 67.2. The van der Waals surface area contributed by atoms with Gasteiger partial charge in [-0.3, -0.25) is 37.3 Å². The number of phosphoric ester groups is 2. The largest absolute Gasteiger partial charge is 0.472 e. The van der Waals surface area contributed by atoms with Crippen molar-refractivity contribution in [1.82, 2.24) is 0 Å². The normalized spacial score (nSPS) is 14.4. The number of hydrogen-bond acceptors (Lipinski definition) is 15. The number of unbranched alkanes of at least 4 members (excludes halogenated alkanes) is 40. The van der Waals surface area contributed by atoms with E-state index in [1.54, 1.807) is 0 Å². The van der Waals surface area contributed by atoms with E-state index in [0.717, 1.165) is 115 Å². The van der Waals surface area contributed by atoms with Gasteiger partial charge >= 0.3 is 39.5 Å². The van der Waals surface area contributed by atoms with Gasteiger partial charge in [0.05, 0.1) is 26.4 Å². The number of hydrogen-bond donors (Lipinski definition) is 3. The van der Waals surface area contributed by atoms with Gasteiger partial charge in [0.15, 0.2) is 12.2 Å². The van der Waals surface area contributed by atoms with Crippen molar-refractivity contribution in [3.8, 4) is 0 Å². The molecule has 97 heavy (non-hydrogen) atoms. The summed E-state index contributed by atoms with van der Waals surface area (Å²) in [5, 5.41) is 10.6. The molecule has 0 spiro atoms. The Balaban J connectivity index is 5.13. The Hall–Kier alpha value is -1.94. The number of aliphatic hydroxyl groups is 1. The predicted molar refractivity (Wildman–Crippen MR) is 395 cm³/mol. The molecule has 0 saturated heterocycles. The van der Waals surface area contributed by atoms with Gasteiger partial charge in [-0.25, -0.2) is 9.13 Å². The topological polar surface area (TPSA) is 237 Å².